The maximum absolute atomic E-state index is 12.3. The van der Waals surface area contributed by atoms with Crippen LogP contribution < -0.4 is 9.47 Å². The average molecular weight is 461 g/mol. The summed E-state index contributed by atoms with van der Waals surface area (Å²) in [5.74, 6) is 0.193. The van der Waals surface area contributed by atoms with Crippen LogP contribution in [0.3, 0.4) is 0 Å². The molecule has 0 aliphatic carbocycles. The lowest BCUT2D eigenvalue weighted by Crippen LogP contribution is -2.39. The molecule has 9 heteroatoms. The number of hydroxylamine groups is 2. The first-order valence-corrected chi connectivity index (χ1v) is 9.97. The van der Waals surface area contributed by atoms with E-state index in [0.29, 0.717) is 23.0 Å². The maximum atomic E-state index is 12.3. The summed E-state index contributed by atoms with van der Waals surface area (Å²) in [4.78, 5) is 11.0. The van der Waals surface area contributed by atoms with Crippen LogP contribution >= 0.6 is 0 Å². The molecular weight excluding hydrogens is 439 g/mol. The highest BCUT2D eigenvalue weighted by Crippen LogP contribution is 2.27. The third kappa shape index (κ3) is 7.81. The van der Waals surface area contributed by atoms with Crippen molar-refractivity contribution in [2.24, 2.45) is 0 Å². The van der Waals surface area contributed by atoms with Crippen molar-refractivity contribution in [2.45, 2.75) is 19.0 Å². The normalized spacial score (nSPS) is 12.1. The Hall–Kier alpha value is -3.56. The number of nitrogens with zero attached hydrogens (tertiary/aromatic N) is 1. The van der Waals surface area contributed by atoms with E-state index in [-0.39, 0.29) is 25.4 Å². The van der Waals surface area contributed by atoms with Gasteiger partial charge in [-0.15, -0.1) is 13.2 Å². The van der Waals surface area contributed by atoms with Crippen molar-refractivity contribution in [3.8, 4) is 22.6 Å². The van der Waals surface area contributed by atoms with Gasteiger partial charge < -0.3 is 14.2 Å². The molecule has 1 amide bonds. The second kappa shape index (κ2) is 11.3. The average Bonchev–Trinajstić information content (AvgIpc) is 2.81. The first-order valence-electron chi connectivity index (χ1n) is 9.97. The molecule has 0 spiro atoms. The van der Waals surface area contributed by atoms with Gasteiger partial charge in [-0.05, 0) is 41.0 Å². The van der Waals surface area contributed by atoms with Gasteiger partial charge in [-0.2, -0.15) is 0 Å². The van der Waals surface area contributed by atoms with E-state index in [4.69, 9.17) is 9.47 Å². The Labute approximate surface area is 188 Å². The Morgan fingerprint density at radius 3 is 1.97 bits per heavy atom. The van der Waals surface area contributed by atoms with Crippen LogP contribution in [0.15, 0.2) is 78.9 Å². The zero-order valence-electron chi connectivity index (χ0n) is 17.4. The smallest absolute Gasteiger partial charge is 0.491 e. The summed E-state index contributed by atoms with van der Waals surface area (Å²) < 4.78 is 52.0. The molecule has 174 valence electrons. The van der Waals surface area contributed by atoms with Gasteiger partial charge in [0.2, 0.25) is 6.41 Å². The van der Waals surface area contributed by atoms with Crippen LogP contribution in [-0.4, -0.2) is 42.3 Å². The molecule has 3 aromatic rings. The van der Waals surface area contributed by atoms with Gasteiger partial charge in [0.25, 0.3) is 0 Å². The monoisotopic (exact) mass is 461 g/mol. The van der Waals surface area contributed by atoms with E-state index in [2.05, 4.69) is 4.74 Å². The van der Waals surface area contributed by atoms with Gasteiger partial charge in [-0.1, -0.05) is 54.6 Å². The van der Waals surface area contributed by atoms with Gasteiger partial charge in [0.05, 0.1) is 13.2 Å². The lowest BCUT2D eigenvalue weighted by Gasteiger charge is -2.22. The highest BCUT2D eigenvalue weighted by atomic mass is 19.4. The number of ether oxygens (including phenoxy) is 3. The van der Waals surface area contributed by atoms with E-state index in [9.17, 15) is 23.2 Å². The number of hydrogen-bond acceptors (Lipinski definition) is 5. The number of carbonyl (C=O) groups excluding carboxylic acids is 1. The van der Waals surface area contributed by atoms with Crippen LogP contribution in [0.2, 0.25) is 0 Å². The molecule has 3 rings (SSSR count). The van der Waals surface area contributed by atoms with E-state index in [1.54, 1.807) is 24.3 Å². The van der Waals surface area contributed by atoms with Crippen molar-refractivity contribution >= 4 is 6.41 Å². The van der Waals surface area contributed by atoms with Gasteiger partial charge in [-0.3, -0.25) is 10.0 Å². The highest BCUT2D eigenvalue weighted by molar-refractivity contribution is 5.64. The molecule has 3 aromatic carbocycles. The summed E-state index contributed by atoms with van der Waals surface area (Å²) in [6.07, 6.45) is -4.45. The number of amides is 1. The van der Waals surface area contributed by atoms with Crippen LogP contribution in [0, 0.1) is 0 Å². The first kappa shape index (κ1) is 24.1. The molecule has 0 bridgehead atoms. The predicted molar refractivity (Wildman–Crippen MR) is 114 cm³/mol. The van der Waals surface area contributed by atoms with Crippen molar-refractivity contribution < 1.29 is 37.4 Å². The lowest BCUT2D eigenvalue weighted by atomic mass is 10.1. The molecule has 0 aliphatic heterocycles. The van der Waals surface area contributed by atoms with Crippen LogP contribution in [0.4, 0.5) is 13.2 Å². The molecule has 1 atom stereocenters. The molecule has 0 saturated heterocycles. The van der Waals surface area contributed by atoms with Crippen LogP contribution in [-0.2, 0) is 16.1 Å². The summed E-state index contributed by atoms with van der Waals surface area (Å²) in [5.41, 5.74) is 2.42. The maximum Gasteiger partial charge on any atom is 0.573 e. The number of halogens is 3. The minimum Gasteiger partial charge on any atom is -0.491 e. The second-order valence-electron chi connectivity index (χ2n) is 7.05. The van der Waals surface area contributed by atoms with Crippen molar-refractivity contribution in [3.05, 3.63) is 84.4 Å². The van der Waals surface area contributed by atoms with Crippen molar-refractivity contribution in [1.29, 1.82) is 0 Å². The fourth-order valence-corrected chi connectivity index (χ4v) is 2.96. The molecular formula is C24H22F3NO5. The summed E-state index contributed by atoms with van der Waals surface area (Å²) in [6, 6.07) is 21.1. The summed E-state index contributed by atoms with van der Waals surface area (Å²) in [5, 5.41) is 10.3. The highest BCUT2D eigenvalue weighted by Gasteiger charge is 2.30. The molecule has 1 unspecified atom stereocenters. The Morgan fingerprint density at radius 1 is 0.848 bits per heavy atom. The van der Waals surface area contributed by atoms with Gasteiger partial charge >= 0.3 is 6.36 Å². The molecule has 0 aliphatic rings. The van der Waals surface area contributed by atoms with Crippen LogP contribution in [0.25, 0.3) is 11.1 Å². The Kier molecular flexibility index (Phi) is 8.28. The second-order valence-corrected chi connectivity index (χ2v) is 7.05. The summed E-state index contributed by atoms with van der Waals surface area (Å²) >= 11 is 0. The van der Waals surface area contributed by atoms with Crippen LogP contribution in [0.1, 0.15) is 5.56 Å². The molecule has 0 aromatic heterocycles. The molecule has 1 N–H and O–H groups in total. The van der Waals surface area contributed by atoms with Gasteiger partial charge in [0, 0.05) is 0 Å². The molecule has 0 radical (unpaired) electrons. The number of rotatable bonds is 11. The summed E-state index contributed by atoms with van der Waals surface area (Å²) in [7, 11) is 0. The number of hydrogen-bond donors (Lipinski definition) is 1. The third-order valence-electron chi connectivity index (χ3n) is 4.62. The van der Waals surface area contributed by atoms with E-state index >= 15 is 0 Å². The standard InChI is InChI=1S/C24H22F3NO5/c25-24(26,27)33-23-12-8-20(9-13-23)19-6-10-22(11-7-19)32-16-21(28(30)17-29)15-31-14-18-4-2-1-3-5-18/h1-13,17,21,30H,14-16H2. The molecule has 0 fully saturated rings. The number of alkyl halides is 3. The predicted octanol–water partition coefficient (Wildman–Crippen LogP) is 5.06. The van der Waals surface area contributed by atoms with Crippen molar-refractivity contribution in [2.75, 3.05) is 13.2 Å². The van der Waals surface area contributed by atoms with Gasteiger partial charge in [0.15, 0.2) is 0 Å². The van der Waals surface area contributed by atoms with E-state index in [1.807, 2.05) is 30.3 Å². The van der Waals surface area contributed by atoms with E-state index in [0.717, 1.165) is 11.1 Å². The zero-order valence-corrected chi connectivity index (χ0v) is 17.4. The largest absolute Gasteiger partial charge is 0.573 e. The van der Waals surface area contributed by atoms with E-state index < -0.39 is 12.4 Å². The molecule has 33 heavy (non-hydrogen) atoms. The fraction of sp³-hybridized carbons (Fsp3) is 0.208. The summed E-state index contributed by atoms with van der Waals surface area (Å²) in [6.45, 7) is 0.382. The minimum absolute atomic E-state index is 0.00709. The minimum atomic E-state index is -4.74. The van der Waals surface area contributed by atoms with Crippen molar-refractivity contribution in [1.82, 2.24) is 5.06 Å². The molecule has 6 nitrogen and oxygen atoms in total. The fourth-order valence-electron chi connectivity index (χ4n) is 2.96. The number of benzene rings is 3. The first-order chi connectivity index (χ1) is 15.8. The third-order valence-corrected chi connectivity index (χ3v) is 4.62. The van der Waals surface area contributed by atoms with Gasteiger partial charge in [-0.25, -0.2) is 5.06 Å². The lowest BCUT2D eigenvalue weighted by molar-refractivity contribution is -0.274. The quantitative estimate of drug-likeness (QED) is 0.246. The van der Waals surface area contributed by atoms with Crippen molar-refractivity contribution in [3.63, 3.8) is 0 Å². The van der Waals surface area contributed by atoms with Crippen LogP contribution in [0.5, 0.6) is 11.5 Å². The Morgan fingerprint density at radius 2 is 1.42 bits per heavy atom. The van der Waals surface area contributed by atoms with Gasteiger partial charge in [0.1, 0.15) is 24.1 Å². The Balaban J connectivity index is 1.54. The molecule has 0 saturated carbocycles. The van der Waals surface area contributed by atoms with E-state index in [1.165, 1.54) is 24.3 Å². The zero-order chi connectivity index (χ0) is 23.7. The topological polar surface area (TPSA) is 68.2 Å². The number of carbonyl (C=O) groups is 1. The SMILES string of the molecule is O=CN(O)C(COCc1ccccc1)COc1ccc(-c2ccc(OC(F)(F)F)cc2)cc1. The molecule has 0 heterocycles. The Bertz CT molecular complexity index is 995.